The van der Waals surface area contributed by atoms with E-state index >= 15 is 8.78 Å². The molecule has 3 aromatic rings. The van der Waals surface area contributed by atoms with Crippen LogP contribution in [0.1, 0.15) is 22.7 Å². The Morgan fingerprint density at radius 2 is 1.90 bits per heavy atom. The molecule has 1 atom stereocenters. The molecule has 1 unspecified atom stereocenters. The fourth-order valence-electron chi connectivity index (χ4n) is 3.15. The first-order chi connectivity index (χ1) is 13.7. The van der Waals surface area contributed by atoms with E-state index in [1.54, 1.807) is 12.1 Å². The largest absolute Gasteiger partial charge is 0.322 e. The highest BCUT2D eigenvalue weighted by molar-refractivity contribution is 5.79. The van der Waals surface area contributed by atoms with Crippen LogP contribution in [0.3, 0.4) is 0 Å². The van der Waals surface area contributed by atoms with Gasteiger partial charge in [-0.15, -0.1) is 0 Å². The highest BCUT2D eigenvalue weighted by Crippen LogP contribution is 2.43. The van der Waals surface area contributed by atoms with Gasteiger partial charge in [0.15, 0.2) is 0 Å². The Balaban J connectivity index is 2.10. The predicted molar refractivity (Wildman–Crippen MR) is 103 cm³/mol. The molecule has 29 heavy (non-hydrogen) atoms. The van der Waals surface area contributed by atoms with Crippen LogP contribution in [-0.4, -0.2) is 22.9 Å². The van der Waals surface area contributed by atoms with Gasteiger partial charge in [-0.3, -0.25) is 5.01 Å². The van der Waals surface area contributed by atoms with E-state index in [-0.39, 0.29) is 0 Å². The van der Waals surface area contributed by atoms with E-state index in [4.69, 9.17) is 11.7 Å². The Labute approximate surface area is 164 Å². The smallest absolute Gasteiger partial charge is 0.298 e. The normalized spacial score (nSPS) is 13.2. The number of alkyl halides is 2. The third kappa shape index (κ3) is 4.29. The molecule has 4 N–H and O–H groups in total. The summed E-state index contributed by atoms with van der Waals surface area (Å²) < 4.78 is 58.7. The second kappa shape index (κ2) is 8.04. The molecule has 0 spiro atoms. The molecular weight excluding hydrogens is 386 g/mol. The van der Waals surface area contributed by atoms with Gasteiger partial charge in [-0.05, 0) is 36.8 Å². The zero-order chi connectivity index (χ0) is 21.2. The molecule has 152 valence electrons. The van der Waals surface area contributed by atoms with E-state index in [0.29, 0.717) is 17.0 Å². The summed E-state index contributed by atoms with van der Waals surface area (Å²) in [6.07, 6.45) is 0.932. The van der Waals surface area contributed by atoms with Gasteiger partial charge in [-0.1, -0.05) is 23.8 Å². The number of nitrogens with two attached hydrogens (primary N) is 2. The van der Waals surface area contributed by atoms with Gasteiger partial charge in [0.05, 0.1) is 11.4 Å². The van der Waals surface area contributed by atoms with Gasteiger partial charge < -0.3 is 5.84 Å². The Hall–Kier alpha value is -3.20. The average Bonchev–Trinajstić information content (AvgIpc) is 2.66. The number of nitrogens with zero attached hydrogens (tertiary/aromatic N) is 3. The number of hydrazone groups is 1. The molecule has 0 aliphatic rings. The van der Waals surface area contributed by atoms with Crippen LogP contribution in [0.15, 0.2) is 53.6 Å². The van der Waals surface area contributed by atoms with Crippen LogP contribution < -0.4 is 11.7 Å². The van der Waals surface area contributed by atoms with Crippen molar-refractivity contribution in [3.8, 4) is 0 Å². The zero-order valence-electron chi connectivity index (χ0n) is 15.5. The van der Waals surface area contributed by atoms with E-state index in [9.17, 15) is 8.78 Å². The molecule has 0 radical (unpaired) electrons. The fourth-order valence-corrected chi connectivity index (χ4v) is 3.15. The van der Waals surface area contributed by atoms with Gasteiger partial charge in [0.2, 0.25) is 0 Å². The van der Waals surface area contributed by atoms with Crippen molar-refractivity contribution >= 4 is 17.2 Å². The maximum atomic E-state index is 15.5. The number of fused-ring (bicyclic) bond motifs is 1. The number of benzene rings is 2. The lowest BCUT2D eigenvalue weighted by molar-refractivity contribution is -0.0440. The maximum Gasteiger partial charge on any atom is 0.298 e. The Morgan fingerprint density at radius 1 is 1.14 bits per heavy atom. The van der Waals surface area contributed by atoms with Crippen LogP contribution in [0.4, 0.5) is 17.6 Å². The number of rotatable bonds is 6. The summed E-state index contributed by atoms with van der Waals surface area (Å²) in [5.41, 5.74) is 0.382. The molecule has 5 nitrogen and oxygen atoms in total. The number of aryl methyl sites for hydroxylation is 1. The SMILES string of the molecule is Cc1ccc2nc(C(F)(F)C(CN(N)/C=N\N)c3ccc(F)cc3F)ccc2c1. The van der Waals surface area contributed by atoms with Crippen LogP contribution in [0.2, 0.25) is 0 Å². The second-order valence-electron chi connectivity index (χ2n) is 6.70. The molecule has 0 aliphatic carbocycles. The molecule has 9 heteroatoms. The van der Waals surface area contributed by atoms with Crippen molar-refractivity contribution in [1.29, 1.82) is 0 Å². The first kappa shape index (κ1) is 20.5. The summed E-state index contributed by atoms with van der Waals surface area (Å²) >= 11 is 0. The fraction of sp³-hybridized carbons (Fsp3) is 0.200. The van der Waals surface area contributed by atoms with E-state index in [0.717, 1.165) is 29.0 Å². The van der Waals surface area contributed by atoms with Gasteiger partial charge >= 0.3 is 0 Å². The number of aromatic nitrogens is 1. The second-order valence-corrected chi connectivity index (χ2v) is 6.70. The van der Waals surface area contributed by atoms with Gasteiger partial charge in [0.1, 0.15) is 23.7 Å². The Kier molecular flexibility index (Phi) is 5.69. The molecule has 3 rings (SSSR count). The lowest BCUT2D eigenvalue weighted by Crippen LogP contribution is -2.40. The third-order valence-corrected chi connectivity index (χ3v) is 4.57. The van der Waals surface area contributed by atoms with Crippen LogP contribution in [0.5, 0.6) is 0 Å². The number of pyridine rings is 1. The van der Waals surface area contributed by atoms with E-state index in [2.05, 4.69) is 10.1 Å². The standard InChI is InChI=1S/C20H19F4N5/c1-12-2-6-18-13(8-12)3-7-19(28-18)20(23,24)16(10-29(26)11-27-25)15-5-4-14(21)9-17(15)22/h2-9,11,16H,10,25-26H2,1H3/b27-11-. The lowest BCUT2D eigenvalue weighted by atomic mass is 9.89. The van der Waals surface area contributed by atoms with Crippen LogP contribution in [0.25, 0.3) is 10.9 Å². The predicted octanol–water partition coefficient (Wildman–Crippen LogP) is 3.77. The summed E-state index contributed by atoms with van der Waals surface area (Å²) in [5, 5.41) is 4.69. The highest BCUT2D eigenvalue weighted by Gasteiger charge is 2.45. The minimum absolute atomic E-state index is 0.374. The lowest BCUT2D eigenvalue weighted by Gasteiger charge is -2.30. The van der Waals surface area contributed by atoms with E-state index in [1.807, 2.05) is 13.0 Å². The quantitative estimate of drug-likeness (QED) is 0.215. The molecule has 0 saturated heterocycles. The van der Waals surface area contributed by atoms with Crippen molar-refractivity contribution in [3.05, 3.63) is 77.0 Å². The van der Waals surface area contributed by atoms with Crippen LogP contribution in [-0.2, 0) is 5.92 Å². The maximum absolute atomic E-state index is 15.5. The van der Waals surface area contributed by atoms with Crippen LogP contribution in [0, 0.1) is 18.6 Å². The minimum atomic E-state index is -3.63. The molecule has 0 amide bonds. The minimum Gasteiger partial charge on any atom is -0.322 e. The summed E-state index contributed by atoms with van der Waals surface area (Å²) in [4.78, 5) is 4.07. The summed E-state index contributed by atoms with van der Waals surface area (Å²) in [5.74, 6) is 3.27. The number of hydrogen-bond donors (Lipinski definition) is 2. The van der Waals surface area contributed by atoms with Crippen molar-refractivity contribution in [2.24, 2.45) is 16.8 Å². The van der Waals surface area contributed by atoms with Crippen LogP contribution >= 0.6 is 0 Å². The summed E-state index contributed by atoms with van der Waals surface area (Å²) in [7, 11) is 0. The molecular formula is C20H19F4N5. The van der Waals surface area contributed by atoms with Crippen molar-refractivity contribution in [2.75, 3.05) is 6.54 Å². The first-order valence-corrected chi connectivity index (χ1v) is 8.67. The van der Waals surface area contributed by atoms with Crippen molar-refractivity contribution in [1.82, 2.24) is 9.99 Å². The van der Waals surface area contributed by atoms with Gasteiger partial charge in [-0.2, -0.15) is 13.9 Å². The molecule has 0 saturated carbocycles. The topological polar surface area (TPSA) is 80.5 Å². The molecule has 0 aliphatic heterocycles. The average molecular weight is 405 g/mol. The Bertz CT molecular complexity index is 1050. The molecule has 0 bridgehead atoms. The van der Waals surface area contributed by atoms with Crippen molar-refractivity contribution in [2.45, 2.75) is 18.8 Å². The number of hydrogen-bond acceptors (Lipinski definition) is 4. The van der Waals surface area contributed by atoms with Crippen molar-refractivity contribution in [3.63, 3.8) is 0 Å². The number of hydrazine groups is 1. The zero-order valence-corrected chi connectivity index (χ0v) is 15.5. The third-order valence-electron chi connectivity index (χ3n) is 4.57. The monoisotopic (exact) mass is 405 g/mol. The first-order valence-electron chi connectivity index (χ1n) is 8.67. The molecule has 1 aromatic heterocycles. The Morgan fingerprint density at radius 3 is 2.59 bits per heavy atom. The summed E-state index contributed by atoms with van der Waals surface area (Å²) in [6, 6.07) is 10.4. The molecule has 2 aromatic carbocycles. The van der Waals surface area contributed by atoms with Gasteiger partial charge in [-0.25, -0.2) is 19.6 Å². The van der Waals surface area contributed by atoms with E-state index < -0.39 is 41.3 Å². The van der Waals surface area contributed by atoms with Gasteiger partial charge in [0.25, 0.3) is 5.92 Å². The summed E-state index contributed by atoms with van der Waals surface area (Å²) in [6.45, 7) is 1.34. The number of halogens is 4. The van der Waals surface area contributed by atoms with Crippen molar-refractivity contribution < 1.29 is 17.6 Å². The molecule has 1 heterocycles. The molecule has 0 fully saturated rings. The highest BCUT2D eigenvalue weighted by atomic mass is 19.3. The van der Waals surface area contributed by atoms with E-state index in [1.165, 1.54) is 12.1 Å². The van der Waals surface area contributed by atoms with Gasteiger partial charge in [0, 0.05) is 18.0 Å².